The Morgan fingerprint density at radius 3 is 2.70 bits per heavy atom. The SMILES string of the molecule is CCN(Cc1ccccc1)C(=O)COC(=O)c1ccc2c(c1)NC(=O)CS2. The number of amides is 2. The van der Waals surface area contributed by atoms with Gasteiger partial charge < -0.3 is 15.0 Å². The molecule has 0 aromatic heterocycles. The molecule has 2 aromatic rings. The van der Waals surface area contributed by atoms with Crippen LogP contribution in [0.5, 0.6) is 0 Å². The summed E-state index contributed by atoms with van der Waals surface area (Å²) < 4.78 is 5.18. The summed E-state index contributed by atoms with van der Waals surface area (Å²) in [5.41, 5.74) is 1.91. The molecule has 6 nitrogen and oxygen atoms in total. The summed E-state index contributed by atoms with van der Waals surface area (Å²) >= 11 is 1.42. The van der Waals surface area contributed by atoms with Gasteiger partial charge in [0.2, 0.25) is 5.91 Å². The summed E-state index contributed by atoms with van der Waals surface area (Å²) in [6, 6.07) is 14.6. The number of benzene rings is 2. The highest BCUT2D eigenvalue weighted by Crippen LogP contribution is 2.32. The molecule has 140 valence electrons. The van der Waals surface area contributed by atoms with E-state index in [1.54, 1.807) is 23.1 Å². The van der Waals surface area contributed by atoms with Crippen molar-refractivity contribution in [2.24, 2.45) is 0 Å². The van der Waals surface area contributed by atoms with Crippen molar-refractivity contribution in [3.8, 4) is 0 Å². The zero-order valence-corrected chi connectivity index (χ0v) is 15.8. The number of anilines is 1. The molecule has 3 rings (SSSR count). The Kier molecular flexibility index (Phi) is 6.13. The van der Waals surface area contributed by atoms with E-state index < -0.39 is 5.97 Å². The zero-order valence-electron chi connectivity index (χ0n) is 14.9. The van der Waals surface area contributed by atoms with Crippen molar-refractivity contribution >= 4 is 35.2 Å². The molecule has 1 N–H and O–H groups in total. The maximum Gasteiger partial charge on any atom is 0.338 e. The number of thioether (sulfide) groups is 1. The molecule has 2 amide bonds. The summed E-state index contributed by atoms with van der Waals surface area (Å²) in [6.07, 6.45) is 0. The lowest BCUT2D eigenvalue weighted by Crippen LogP contribution is -2.34. The summed E-state index contributed by atoms with van der Waals surface area (Å²) in [4.78, 5) is 38.7. The fraction of sp³-hybridized carbons (Fsp3) is 0.250. The fourth-order valence-corrected chi connectivity index (χ4v) is 3.48. The molecule has 0 aliphatic carbocycles. The molecule has 2 aromatic carbocycles. The van der Waals surface area contributed by atoms with Gasteiger partial charge >= 0.3 is 5.97 Å². The molecule has 1 heterocycles. The van der Waals surface area contributed by atoms with E-state index in [4.69, 9.17) is 4.74 Å². The molecule has 7 heteroatoms. The van der Waals surface area contributed by atoms with Crippen LogP contribution in [0.2, 0.25) is 0 Å². The number of rotatable bonds is 6. The van der Waals surface area contributed by atoms with Crippen LogP contribution in [-0.4, -0.2) is 41.6 Å². The van der Waals surface area contributed by atoms with Crippen LogP contribution in [0.1, 0.15) is 22.8 Å². The van der Waals surface area contributed by atoms with Gasteiger partial charge in [-0.2, -0.15) is 0 Å². The number of carbonyl (C=O) groups is 3. The lowest BCUT2D eigenvalue weighted by atomic mass is 10.2. The topological polar surface area (TPSA) is 75.7 Å². The predicted octanol–water partition coefficient (Wildman–Crippen LogP) is 2.94. The van der Waals surface area contributed by atoms with Crippen molar-refractivity contribution < 1.29 is 19.1 Å². The Hall–Kier alpha value is -2.80. The average Bonchev–Trinajstić information content (AvgIpc) is 2.70. The first kappa shape index (κ1) is 19.0. The van der Waals surface area contributed by atoms with Crippen LogP contribution in [0.3, 0.4) is 0 Å². The van der Waals surface area contributed by atoms with Crippen LogP contribution in [0.4, 0.5) is 5.69 Å². The number of carbonyl (C=O) groups excluding carboxylic acids is 3. The van der Waals surface area contributed by atoms with Gasteiger partial charge in [0, 0.05) is 18.0 Å². The lowest BCUT2D eigenvalue weighted by molar-refractivity contribution is -0.135. The second-order valence-corrected chi connectivity index (χ2v) is 7.03. The second kappa shape index (κ2) is 8.73. The number of esters is 1. The third-order valence-corrected chi connectivity index (χ3v) is 5.20. The van der Waals surface area contributed by atoms with Crippen LogP contribution in [0.25, 0.3) is 0 Å². The van der Waals surface area contributed by atoms with E-state index in [2.05, 4.69) is 5.32 Å². The number of fused-ring (bicyclic) bond motifs is 1. The Morgan fingerprint density at radius 2 is 1.96 bits per heavy atom. The van der Waals surface area contributed by atoms with E-state index in [0.717, 1.165) is 10.5 Å². The minimum absolute atomic E-state index is 0.104. The van der Waals surface area contributed by atoms with Crippen LogP contribution < -0.4 is 5.32 Å². The molecule has 0 unspecified atom stereocenters. The minimum atomic E-state index is -0.591. The van der Waals surface area contributed by atoms with Gasteiger partial charge in [-0.15, -0.1) is 11.8 Å². The van der Waals surface area contributed by atoms with Crippen molar-refractivity contribution in [3.05, 3.63) is 59.7 Å². The van der Waals surface area contributed by atoms with E-state index in [1.165, 1.54) is 11.8 Å². The van der Waals surface area contributed by atoms with Gasteiger partial charge in [-0.25, -0.2) is 4.79 Å². The molecule has 1 aliphatic rings. The molecule has 0 bridgehead atoms. The van der Waals surface area contributed by atoms with Crippen molar-refractivity contribution in [1.82, 2.24) is 4.90 Å². The van der Waals surface area contributed by atoms with Crippen LogP contribution in [0.15, 0.2) is 53.4 Å². The molecule has 0 spiro atoms. The van der Waals surface area contributed by atoms with Gasteiger partial charge in [-0.1, -0.05) is 30.3 Å². The van der Waals surface area contributed by atoms with E-state index in [1.807, 2.05) is 37.3 Å². The number of hydrogen-bond donors (Lipinski definition) is 1. The summed E-state index contributed by atoms with van der Waals surface area (Å²) in [6.45, 7) is 2.55. The Morgan fingerprint density at radius 1 is 1.19 bits per heavy atom. The third-order valence-electron chi connectivity index (χ3n) is 4.13. The van der Waals surface area contributed by atoms with E-state index in [9.17, 15) is 14.4 Å². The number of likely N-dealkylation sites (N-methyl/N-ethyl adjacent to an activating group) is 1. The molecule has 0 fully saturated rings. The van der Waals surface area contributed by atoms with E-state index >= 15 is 0 Å². The first-order valence-corrected chi connectivity index (χ1v) is 9.61. The lowest BCUT2D eigenvalue weighted by Gasteiger charge is -2.21. The van der Waals surface area contributed by atoms with Gasteiger partial charge in [0.1, 0.15) is 0 Å². The molecule has 0 radical (unpaired) electrons. The molecular weight excluding hydrogens is 364 g/mol. The van der Waals surface area contributed by atoms with Crippen LogP contribution in [-0.2, 0) is 20.9 Å². The molecule has 0 saturated heterocycles. The highest BCUT2D eigenvalue weighted by Gasteiger charge is 2.19. The Bertz CT molecular complexity index is 854. The number of nitrogens with one attached hydrogen (secondary N) is 1. The summed E-state index contributed by atoms with van der Waals surface area (Å²) in [5.74, 6) is -0.588. The molecule has 1 aliphatic heterocycles. The monoisotopic (exact) mass is 384 g/mol. The van der Waals surface area contributed by atoms with Gasteiger partial charge in [-0.05, 0) is 30.7 Å². The van der Waals surface area contributed by atoms with Crippen molar-refractivity contribution in [2.45, 2.75) is 18.4 Å². The fourth-order valence-electron chi connectivity index (χ4n) is 2.69. The zero-order chi connectivity index (χ0) is 19.2. The first-order chi connectivity index (χ1) is 13.1. The Balaban J connectivity index is 1.58. The van der Waals surface area contributed by atoms with Crippen molar-refractivity contribution in [3.63, 3.8) is 0 Å². The maximum atomic E-state index is 12.4. The normalized spacial score (nSPS) is 12.7. The quantitative estimate of drug-likeness (QED) is 0.775. The highest BCUT2D eigenvalue weighted by molar-refractivity contribution is 8.00. The Labute approximate surface area is 161 Å². The molecule has 27 heavy (non-hydrogen) atoms. The summed E-state index contributed by atoms with van der Waals surface area (Å²) in [7, 11) is 0. The van der Waals surface area contributed by atoms with Gasteiger partial charge in [0.05, 0.1) is 17.0 Å². The predicted molar refractivity (Wildman–Crippen MR) is 104 cm³/mol. The van der Waals surface area contributed by atoms with Crippen molar-refractivity contribution in [1.29, 1.82) is 0 Å². The smallest absolute Gasteiger partial charge is 0.338 e. The highest BCUT2D eigenvalue weighted by atomic mass is 32.2. The van der Waals surface area contributed by atoms with E-state index in [0.29, 0.717) is 30.1 Å². The average molecular weight is 384 g/mol. The third kappa shape index (κ3) is 4.89. The number of nitrogens with zero attached hydrogens (tertiary/aromatic N) is 1. The van der Waals surface area contributed by atoms with Crippen LogP contribution >= 0.6 is 11.8 Å². The molecule has 0 saturated carbocycles. The molecular formula is C20H20N2O4S. The van der Waals surface area contributed by atoms with Gasteiger partial charge in [-0.3, -0.25) is 9.59 Å². The number of hydrogen-bond acceptors (Lipinski definition) is 5. The van der Waals surface area contributed by atoms with Crippen LogP contribution in [0, 0.1) is 0 Å². The standard InChI is InChI=1S/C20H20N2O4S/c1-2-22(11-14-6-4-3-5-7-14)19(24)12-26-20(25)15-8-9-17-16(10-15)21-18(23)13-27-17/h3-10H,2,11-13H2,1H3,(H,21,23). The van der Waals surface area contributed by atoms with Gasteiger partial charge in [0.25, 0.3) is 5.91 Å². The first-order valence-electron chi connectivity index (χ1n) is 8.62. The number of ether oxygens (including phenoxy) is 1. The molecule has 0 atom stereocenters. The van der Waals surface area contributed by atoms with E-state index in [-0.39, 0.29) is 18.4 Å². The summed E-state index contributed by atoms with van der Waals surface area (Å²) in [5, 5.41) is 2.73. The largest absolute Gasteiger partial charge is 0.452 e. The minimum Gasteiger partial charge on any atom is -0.452 e. The maximum absolute atomic E-state index is 12.4. The second-order valence-electron chi connectivity index (χ2n) is 6.02. The van der Waals surface area contributed by atoms with Crippen molar-refractivity contribution in [2.75, 3.05) is 24.2 Å². The van der Waals surface area contributed by atoms with Gasteiger partial charge in [0.15, 0.2) is 6.61 Å².